The molecule has 26 heavy (non-hydrogen) atoms. The van der Waals surface area contributed by atoms with Crippen molar-refractivity contribution in [3.05, 3.63) is 41.1 Å². The van der Waals surface area contributed by atoms with E-state index in [1.165, 1.54) is 55.6 Å². The summed E-state index contributed by atoms with van der Waals surface area (Å²) in [6, 6.07) is 10.8. The Kier molecular flexibility index (Phi) is 6.26. The van der Waals surface area contributed by atoms with E-state index in [2.05, 4.69) is 50.9 Å². The predicted molar refractivity (Wildman–Crippen MR) is 111 cm³/mol. The average Bonchev–Trinajstić information content (AvgIpc) is 3.38. The van der Waals surface area contributed by atoms with Crippen LogP contribution in [0.4, 0.5) is 5.69 Å². The maximum atomic E-state index is 6.00. The first-order chi connectivity index (χ1) is 12.9. The number of hydrogen-bond acceptors (Lipinski definition) is 4. The largest absolute Gasteiger partial charge is 0.380 e. The molecule has 0 bridgehead atoms. The molecular weight excluding hydrogens is 340 g/mol. The molecule has 1 aromatic carbocycles. The summed E-state index contributed by atoms with van der Waals surface area (Å²) in [6.07, 6.45) is 5.22. The van der Waals surface area contributed by atoms with Gasteiger partial charge in [0.15, 0.2) is 0 Å². The van der Waals surface area contributed by atoms with Gasteiger partial charge in [-0.05, 0) is 50.3 Å². The van der Waals surface area contributed by atoms with Gasteiger partial charge in [-0.2, -0.15) is 0 Å². The Morgan fingerprint density at radius 2 is 1.73 bits per heavy atom. The van der Waals surface area contributed by atoms with Gasteiger partial charge in [0.1, 0.15) is 0 Å². The van der Waals surface area contributed by atoms with Crippen molar-refractivity contribution in [2.45, 2.75) is 25.7 Å². The highest BCUT2D eigenvalue weighted by atomic mass is 32.1. The Hall–Kier alpha value is -1.36. The maximum absolute atomic E-state index is 6.00. The summed E-state index contributed by atoms with van der Waals surface area (Å²) in [5, 5.41) is 4.60. The van der Waals surface area contributed by atoms with Crippen LogP contribution >= 0.6 is 11.3 Å². The minimum atomic E-state index is 0.726. The smallest absolute Gasteiger partial charge is 0.0593 e. The summed E-state index contributed by atoms with van der Waals surface area (Å²) in [6.45, 7) is 7.81. The van der Waals surface area contributed by atoms with Crippen molar-refractivity contribution in [1.82, 2.24) is 4.90 Å². The molecule has 140 valence electrons. The lowest BCUT2D eigenvalue weighted by atomic mass is 9.96. The van der Waals surface area contributed by atoms with Crippen LogP contribution in [0.3, 0.4) is 0 Å². The van der Waals surface area contributed by atoms with Crippen LogP contribution < -0.4 is 4.90 Å². The zero-order chi connectivity index (χ0) is 17.6. The van der Waals surface area contributed by atoms with Crippen LogP contribution in [0, 0.1) is 5.92 Å². The van der Waals surface area contributed by atoms with E-state index in [0.29, 0.717) is 0 Å². The van der Waals surface area contributed by atoms with Gasteiger partial charge in [-0.3, -0.25) is 0 Å². The normalized spacial score (nSPS) is 19.3. The summed E-state index contributed by atoms with van der Waals surface area (Å²) in [4.78, 5) is 5.10. The zero-order valence-corrected chi connectivity index (χ0v) is 16.4. The molecule has 0 aliphatic carbocycles. The van der Waals surface area contributed by atoms with Crippen LogP contribution in [0.2, 0.25) is 0 Å². The Morgan fingerprint density at radius 1 is 0.962 bits per heavy atom. The monoisotopic (exact) mass is 370 g/mol. The van der Waals surface area contributed by atoms with Crippen LogP contribution in [-0.4, -0.2) is 50.8 Å². The van der Waals surface area contributed by atoms with Crippen molar-refractivity contribution in [3.8, 4) is 11.1 Å². The van der Waals surface area contributed by atoms with Gasteiger partial charge in [0, 0.05) is 42.6 Å². The Labute approximate surface area is 161 Å². The van der Waals surface area contributed by atoms with Crippen molar-refractivity contribution >= 4 is 17.0 Å². The second-order valence-corrected chi connectivity index (χ2v) is 8.33. The molecule has 1 aromatic heterocycles. The maximum Gasteiger partial charge on any atom is 0.0593 e. The second kappa shape index (κ2) is 9.03. The SMILES string of the molecule is c1ccc(-c2cscc2N2CCC(COCCN3CCCC3)CC2)cc1. The number of likely N-dealkylation sites (tertiary alicyclic amines) is 1. The average molecular weight is 371 g/mol. The lowest BCUT2D eigenvalue weighted by Crippen LogP contribution is -2.35. The molecule has 0 unspecified atom stereocenters. The molecule has 4 heteroatoms. The van der Waals surface area contributed by atoms with Gasteiger partial charge < -0.3 is 14.5 Å². The molecular formula is C22H30N2OS. The molecule has 2 aliphatic rings. The molecule has 0 atom stereocenters. The van der Waals surface area contributed by atoms with Gasteiger partial charge in [0.05, 0.1) is 12.3 Å². The standard InChI is InChI=1S/C22H30N2OS/c1-2-6-20(7-3-1)21-17-26-18-22(21)24-12-8-19(9-13-24)16-25-15-14-23-10-4-5-11-23/h1-3,6-7,17-19H,4-5,8-16H2. The third kappa shape index (κ3) is 4.48. The quantitative estimate of drug-likeness (QED) is 0.655. The summed E-state index contributed by atoms with van der Waals surface area (Å²) in [5.74, 6) is 0.726. The van der Waals surface area contributed by atoms with Gasteiger partial charge in [-0.1, -0.05) is 30.3 Å². The molecule has 0 radical (unpaired) electrons. The van der Waals surface area contributed by atoms with E-state index in [9.17, 15) is 0 Å². The van der Waals surface area contributed by atoms with E-state index in [4.69, 9.17) is 4.74 Å². The third-order valence-electron chi connectivity index (χ3n) is 5.79. The lowest BCUT2D eigenvalue weighted by molar-refractivity contribution is 0.0753. The van der Waals surface area contributed by atoms with E-state index >= 15 is 0 Å². The van der Waals surface area contributed by atoms with E-state index in [1.54, 1.807) is 0 Å². The van der Waals surface area contributed by atoms with Gasteiger partial charge in [-0.15, -0.1) is 11.3 Å². The van der Waals surface area contributed by atoms with Crippen LogP contribution in [-0.2, 0) is 4.74 Å². The highest BCUT2D eigenvalue weighted by Gasteiger charge is 2.22. The lowest BCUT2D eigenvalue weighted by Gasteiger charge is -2.33. The minimum Gasteiger partial charge on any atom is -0.380 e. The molecule has 0 saturated carbocycles. The highest BCUT2D eigenvalue weighted by molar-refractivity contribution is 7.08. The number of ether oxygens (including phenoxy) is 1. The van der Waals surface area contributed by atoms with Crippen molar-refractivity contribution in [1.29, 1.82) is 0 Å². The van der Waals surface area contributed by atoms with Crippen LogP contribution in [0.1, 0.15) is 25.7 Å². The Morgan fingerprint density at radius 3 is 2.50 bits per heavy atom. The molecule has 2 fully saturated rings. The third-order valence-corrected chi connectivity index (χ3v) is 6.52. The molecule has 2 saturated heterocycles. The Bertz CT molecular complexity index is 658. The van der Waals surface area contributed by atoms with Crippen LogP contribution in [0.25, 0.3) is 11.1 Å². The van der Waals surface area contributed by atoms with Crippen molar-refractivity contribution < 1.29 is 4.74 Å². The van der Waals surface area contributed by atoms with Crippen molar-refractivity contribution in [2.24, 2.45) is 5.92 Å². The van der Waals surface area contributed by atoms with Gasteiger partial charge in [0.25, 0.3) is 0 Å². The number of nitrogens with zero attached hydrogens (tertiary/aromatic N) is 2. The van der Waals surface area contributed by atoms with E-state index < -0.39 is 0 Å². The molecule has 2 aromatic rings. The number of hydrogen-bond donors (Lipinski definition) is 0. The van der Waals surface area contributed by atoms with Crippen LogP contribution in [0.5, 0.6) is 0 Å². The topological polar surface area (TPSA) is 15.7 Å². The molecule has 0 N–H and O–H groups in total. The van der Waals surface area contributed by atoms with E-state index in [1.807, 2.05) is 11.3 Å². The summed E-state index contributed by atoms with van der Waals surface area (Å²) < 4.78 is 6.00. The van der Waals surface area contributed by atoms with Crippen LogP contribution in [0.15, 0.2) is 41.1 Å². The molecule has 2 aliphatic heterocycles. The van der Waals surface area contributed by atoms with Gasteiger partial charge in [0.2, 0.25) is 0 Å². The first-order valence-corrected chi connectivity index (χ1v) is 11.0. The molecule has 0 spiro atoms. The molecule has 4 rings (SSSR count). The number of anilines is 1. The molecule has 3 heterocycles. The fourth-order valence-corrected chi connectivity index (χ4v) is 5.03. The number of benzene rings is 1. The van der Waals surface area contributed by atoms with E-state index in [0.717, 1.165) is 38.8 Å². The minimum absolute atomic E-state index is 0.726. The Balaban J connectivity index is 1.23. The number of thiophene rings is 1. The van der Waals surface area contributed by atoms with Gasteiger partial charge in [-0.25, -0.2) is 0 Å². The first-order valence-electron chi connectivity index (χ1n) is 10.1. The summed E-state index contributed by atoms with van der Waals surface area (Å²) >= 11 is 1.81. The fraction of sp³-hybridized carbons (Fsp3) is 0.545. The van der Waals surface area contributed by atoms with E-state index in [-0.39, 0.29) is 0 Å². The van der Waals surface area contributed by atoms with Crippen molar-refractivity contribution in [3.63, 3.8) is 0 Å². The predicted octanol–water partition coefficient (Wildman–Crippen LogP) is 4.74. The number of piperidine rings is 1. The highest BCUT2D eigenvalue weighted by Crippen LogP contribution is 2.36. The zero-order valence-electron chi connectivity index (χ0n) is 15.6. The summed E-state index contributed by atoms with van der Waals surface area (Å²) in [7, 11) is 0. The van der Waals surface area contributed by atoms with Crippen molar-refractivity contribution in [2.75, 3.05) is 50.8 Å². The molecule has 0 amide bonds. The van der Waals surface area contributed by atoms with Gasteiger partial charge >= 0.3 is 0 Å². The fourth-order valence-electron chi connectivity index (χ4n) is 4.16. The first kappa shape index (κ1) is 18.0. The number of rotatable bonds is 7. The summed E-state index contributed by atoms with van der Waals surface area (Å²) in [5.41, 5.74) is 4.13. The molecule has 3 nitrogen and oxygen atoms in total. The second-order valence-electron chi connectivity index (χ2n) is 7.59.